The molecule has 0 heterocycles. The lowest BCUT2D eigenvalue weighted by atomic mass is 10.0. The second-order valence-corrected chi connectivity index (χ2v) is 3.29. The average molecular weight is 266 g/mol. The minimum absolute atomic E-state index is 0. The first-order valence-corrected chi connectivity index (χ1v) is 4.90. The molecule has 3 nitrogen and oxygen atoms in total. The van der Waals surface area contributed by atoms with Gasteiger partial charge in [-0.2, -0.15) is 0 Å². The molecule has 0 spiro atoms. The van der Waals surface area contributed by atoms with Crippen molar-refractivity contribution in [2.75, 3.05) is 6.61 Å². The standard InChI is InChI=1S/C11H13F2NO2.ClH/c1-2-16-11(15)6-10(14)7-3-4-8(12)9(13)5-7;/h3-5,10H,2,6,14H2,1H3;1H/t10-;/m0./s1. The summed E-state index contributed by atoms with van der Waals surface area (Å²) < 4.78 is 30.2. The highest BCUT2D eigenvalue weighted by Crippen LogP contribution is 2.17. The van der Waals surface area contributed by atoms with Crippen molar-refractivity contribution >= 4 is 18.4 Å². The number of carbonyl (C=O) groups excluding carboxylic acids is 1. The van der Waals surface area contributed by atoms with Crippen molar-refractivity contribution in [3.63, 3.8) is 0 Å². The van der Waals surface area contributed by atoms with Crippen LogP contribution < -0.4 is 5.73 Å². The van der Waals surface area contributed by atoms with Crippen LogP contribution in [0.2, 0.25) is 0 Å². The van der Waals surface area contributed by atoms with Crippen LogP contribution in [0.5, 0.6) is 0 Å². The highest BCUT2D eigenvalue weighted by atomic mass is 35.5. The molecule has 17 heavy (non-hydrogen) atoms. The molecule has 96 valence electrons. The van der Waals surface area contributed by atoms with Gasteiger partial charge in [0.15, 0.2) is 11.6 Å². The second kappa shape index (κ2) is 7.19. The normalized spacial score (nSPS) is 11.5. The number of benzene rings is 1. The van der Waals surface area contributed by atoms with Crippen LogP contribution in [-0.2, 0) is 9.53 Å². The van der Waals surface area contributed by atoms with Gasteiger partial charge in [0.05, 0.1) is 13.0 Å². The average Bonchev–Trinajstić information content (AvgIpc) is 2.22. The molecule has 0 saturated carbocycles. The third kappa shape index (κ3) is 4.66. The number of esters is 1. The largest absolute Gasteiger partial charge is 0.466 e. The van der Waals surface area contributed by atoms with Gasteiger partial charge in [-0.05, 0) is 24.6 Å². The van der Waals surface area contributed by atoms with Crippen molar-refractivity contribution in [2.45, 2.75) is 19.4 Å². The first kappa shape index (κ1) is 15.8. The molecule has 1 aromatic rings. The summed E-state index contributed by atoms with van der Waals surface area (Å²) in [4.78, 5) is 11.1. The van der Waals surface area contributed by atoms with Gasteiger partial charge in [-0.25, -0.2) is 8.78 Å². The number of rotatable bonds is 4. The summed E-state index contributed by atoms with van der Waals surface area (Å²) in [7, 11) is 0. The van der Waals surface area contributed by atoms with Gasteiger partial charge in [0, 0.05) is 6.04 Å². The van der Waals surface area contributed by atoms with Gasteiger partial charge in [-0.15, -0.1) is 12.4 Å². The highest BCUT2D eigenvalue weighted by Gasteiger charge is 2.14. The predicted molar refractivity (Wildman–Crippen MR) is 61.8 cm³/mol. The van der Waals surface area contributed by atoms with Crippen LogP contribution in [0.25, 0.3) is 0 Å². The van der Waals surface area contributed by atoms with Crippen molar-refractivity contribution in [1.82, 2.24) is 0 Å². The Bertz CT molecular complexity index is 388. The third-order valence-electron chi connectivity index (χ3n) is 2.06. The Morgan fingerprint density at radius 1 is 1.41 bits per heavy atom. The van der Waals surface area contributed by atoms with Crippen molar-refractivity contribution in [2.24, 2.45) is 5.73 Å². The van der Waals surface area contributed by atoms with E-state index in [2.05, 4.69) is 0 Å². The lowest BCUT2D eigenvalue weighted by Crippen LogP contribution is -2.17. The molecule has 1 rings (SSSR count). The molecule has 0 aliphatic carbocycles. The highest BCUT2D eigenvalue weighted by molar-refractivity contribution is 5.85. The predicted octanol–water partition coefficient (Wildman–Crippen LogP) is 2.34. The zero-order valence-corrected chi connectivity index (χ0v) is 10.1. The number of ether oxygens (including phenoxy) is 1. The summed E-state index contributed by atoms with van der Waals surface area (Å²) in [6.45, 7) is 1.95. The maximum atomic E-state index is 12.9. The molecule has 0 aliphatic heterocycles. The maximum absolute atomic E-state index is 12.9. The van der Waals surface area contributed by atoms with E-state index in [-0.39, 0.29) is 25.4 Å². The first-order chi connectivity index (χ1) is 7.54. The maximum Gasteiger partial charge on any atom is 0.307 e. The topological polar surface area (TPSA) is 52.3 Å². The van der Waals surface area contributed by atoms with E-state index in [0.29, 0.717) is 5.56 Å². The molecular weight excluding hydrogens is 252 g/mol. The van der Waals surface area contributed by atoms with Crippen molar-refractivity contribution in [3.8, 4) is 0 Å². The van der Waals surface area contributed by atoms with E-state index in [1.54, 1.807) is 6.92 Å². The number of hydrogen-bond acceptors (Lipinski definition) is 3. The molecule has 6 heteroatoms. The second-order valence-electron chi connectivity index (χ2n) is 3.29. The number of nitrogens with two attached hydrogens (primary N) is 1. The van der Waals surface area contributed by atoms with Gasteiger partial charge in [0.2, 0.25) is 0 Å². The van der Waals surface area contributed by atoms with E-state index in [9.17, 15) is 13.6 Å². The summed E-state index contributed by atoms with van der Waals surface area (Å²) in [6, 6.07) is 2.63. The minimum atomic E-state index is -0.975. The van der Waals surface area contributed by atoms with Crippen LogP contribution in [0, 0.1) is 11.6 Å². The fraction of sp³-hybridized carbons (Fsp3) is 0.364. The Morgan fingerprint density at radius 3 is 2.59 bits per heavy atom. The first-order valence-electron chi connectivity index (χ1n) is 4.90. The van der Waals surface area contributed by atoms with Crippen molar-refractivity contribution < 1.29 is 18.3 Å². The summed E-state index contributed by atoms with van der Waals surface area (Å²) in [5.74, 6) is -2.37. The fourth-order valence-electron chi connectivity index (χ4n) is 1.26. The van der Waals surface area contributed by atoms with Crippen molar-refractivity contribution in [1.29, 1.82) is 0 Å². The van der Waals surface area contributed by atoms with Crippen LogP contribution in [0.3, 0.4) is 0 Å². The van der Waals surface area contributed by atoms with Gasteiger partial charge in [0.25, 0.3) is 0 Å². The number of hydrogen-bond donors (Lipinski definition) is 1. The summed E-state index contributed by atoms with van der Waals surface area (Å²) in [5.41, 5.74) is 6.02. The molecule has 0 fully saturated rings. The fourth-order valence-corrected chi connectivity index (χ4v) is 1.26. The van der Waals surface area contributed by atoms with E-state index in [4.69, 9.17) is 10.5 Å². The van der Waals surface area contributed by atoms with Gasteiger partial charge in [-0.1, -0.05) is 6.07 Å². The molecular formula is C11H14ClF2NO2. The SMILES string of the molecule is CCOC(=O)C[C@H](N)c1ccc(F)c(F)c1.Cl. The zero-order valence-electron chi connectivity index (χ0n) is 9.28. The minimum Gasteiger partial charge on any atom is -0.466 e. The lowest BCUT2D eigenvalue weighted by molar-refractivity contribution is -0.143. The molecule has 2 N–H and O–H groups in total. The monoisotopic (exact) mass is 265 g/mol. The third-order valence-corrected chi connectivity index (χ3v) is 2.06. The Kier molecular flexibility index (Phi) is 6.68. The van der Waals surface area contributed by atoms with Gasteiger partial charge < -0.3 is 10.5 Å². The van der Waals surface area contributed by atoms with Crippen molar-refractivity contribution in [3.05, 3.63) is 35.4 Å². The molecule has 0 saturated heterocycles. The Labute approximate surface area is 104 Å². The smallest absolute Gasteiger partial charge is 0.307 e. The Balaban J connectivity index is 0.00000256. The molecule has 0 amide bonds. The van der Waals surface area contributed by atoms with E-state index in [1.807, 2.05) is 0 Å². The lowest BCUT2D eigenvalue weighted by Gasteiger charge is -2.11. The van der Waals surface area contributed by atoms with Crippen LogP contribution >= 0.6 is 12.4 Å². The summed E-state index contributed by atoms with van der Waals surface area (Å²) >= 11 is 0. The van der Waals surface area contributed by atoms with Crippen LogP contribution in [-0.4, -0.2) is 12.6 Å². The molecule has 0 bridgehead atoms. The van der Waals surface area contributed by atoms with E-state index in [1.165, 1.54) is 6.07 Å². The van der Waals surface area contributed by atoms with Crippen LogP contribution in [0.1, 0.15) is 24.9 Å². The quantitative estimate of drug-likeness (QED) is 0.850. The van der Waals surface area contributed by atoms with Gasteiger partial charge in [-0.3, -0.25) is 4.79 Å². The summed E-state index contributed by atoms with van der Waals surface area (Å²) in [5, 5.41) is 0. The van der Waals surface area contributed by atoms with Crippen LogP contribution in [0.15, 0.2) is 18.2 Å². The molecule has 1 aromatic carbocycles. The molecule has 0 aromatic heterocycles. The zero-order chi connectivity index (χ0) is 12.1. The molecule has 0 radical (unpaired) electrons. The van der Waals surface area contributed by atoms with E-state index in [0.717, 1.165) is 12.1 Å². The molecule has 0 aliphatic rings. The Morgan fingerprint density at radius 2 is 2.06 bits per heavy atom. The van der Waals surface area contributed by atoms with Gasteiger partial charge in [0.1, 0.15) is 0 Å². The molecule has 1 atom stereocenters. The Hall–Kier alpha value is -1.20. The van der Waals surface area contributed by atoms with Crippen LogP contribution in [0.4, 0.5) is 8.78 Å². The van der Waals surface area contributed by atoms with Gasteiger partial charge >= 0.3 is 5.97 Å². The molecule has 0 unspecified atom stereocenters. The van der Waals surface area contributed by atoms with E-state index >= 15 is 0 Å². The number of carbonyl (C=O) groups is 1. The van der Waals surface area contributed by atoms with E-state index < -0.39 is 23.6 Å². The summed E-state index contributed by atoms with van der Waals surface area (Å²) in [6.07, 6.45) is -0.0566. The number of halogens is 3.